The van der Waals surface area contributed by atoms with Crippen LogP contribution in [0.1, 0.15) is 45.6 Å². The van der Waals surface area contributed by atoms with Crippen molar-refractivity contribution in [3.05, 3.63) is 62.3 Å². The first-order valence-electron chi connectivity index (χ1n) is 9.85. The number of halogens is 1. The average Bonchev–Trinajstić information content (AvgIpc) is 2.73. The van der Waals surface area contributed by atoms with Crippen LogP contribution in [0.3, 0.4) is 0 Å². The number of rotatable bonds is 3. The van der Waals surface area contributed by atoms with Crippen LogP contribution < -0.4 is 5.56 Å². The van der Waals surface area contributed by atoms with E-state index in [1.54, 1.807) is 18.0 Å². The maximum Gasteiger partial charge on any atom is 0.267 e. The molecule has 0 saturated carbocycles. The van der Waals surface area contributed by atoms with Gasteiger partial charge in [-0.1, -0.05) is 6.07 Å². The molecule has 2 aromatic rings. The lowest BCUT2D eigenvalue weighted by molar-refractivity contribution is -0.133. The molecule has 2 amide bonds. The zero-order valence-corrected chi connectivity index (χ0v) is 16.3. The third-order valence-corrected chi connectivity index (χ3v) is 5.76. The Bertz CT molecular complexity index is 1030. The summed E-state index contributed by atoms with van der Waals surface area (Å²) in [6, 6.07) is 4.43. The molecule has 152 valence electrons. The van der Waals surface area contributed by atoms with E-state index in [0.717, 1.165) is 48.1 Å². The number of carbonyl (C=O) groups excluding carboxylic acids is 2. The maximum absolute atomic E-state index is 14.4. The van der Waals surface area contributed by atoms with E-state index in [0.29, 0.717) is 19.5 Å². The van der Waals surface area contributed by atoms with Crippen LogP contribution >= 0.6 is 0 Å². The fraction of sp³-hybridized carbons (Fsp3) is 0.429. The normalized spacial score (nSPS) is 16.7. The molecule has 8 heteroatoms. The molecule has 0 spiro atoms. The van der Waals surface area contributed by atoms with E-state index >= 15 is 0 Å². The van der Waals surface area contributed by atoms with Gasteiger partial charge in [-0.15, -0.1) is 0 Å². The monoisotopic (exact) mass is 398 g/mol. The Labute approximate surface area is 167 Å². The molecule has 1 aliphatic carbocycles. The zero-order chi connectivity index (χ0) is 20.5. The molecule has 1 aliphatic heterocycles. The van der Waals surface area contributed by atoms with Gasteiger partial charge in [0.2, 0.25) is 5.91 Å². The van der Waals surface area contributed by atoms with E-state index < -0.39 is 11.7 Å². The van der Waals surface area contributed by atoms with Crippen molar-refractivity contribution in [1.82, 2.24) is 20.0 Å². The fourth-order valence-corrected chi connectivity index (χ4v) is 4.02. The van der Waals surface area contributed by atoms with Crippen molar-refractivity contribution >= 4 is 11.8 Å². The molecule has 0 unspecified atom stereocenters. The molecular formula is C21H23FN4O3. The Hall–Kier alpha value is -3.03. The Morgan fingerprint density at radius 3 is 2.69 bits per heavy atom. The summed E-state index contributed by atoms with van der Waals surface area (Å²) in [5.41, 5.74) is 3.08. The summed E-state index contributed by atoms with van der Waals surface area (Å²) < 4.78 is 14.4. The van der Waals surface area contributed by atoms with Gasteiger partial charge in [-0.05, 0) is 48.9 Å². The molecule has 0 atom stereocenters. The molecule has 1 N–H and O–H groups in total. The molecule has 1 fully saturated rings. The molecule has 1 aromatic heterocycles. The summed E-state index contributed by atoms with van der Waals surface area (Å²) in [5.74, 6) is -1.26. The first kappa shape index (κ1) is 19.3. The van der Waals surface area contributed by atoms with Crippen molar-refractivity contribution in [1.29, 1.82) is 0 Å². The van der Waals surface area contributed by atoms with Crippen LogP contribution in [0.4, 0.5) is 4.39 Å². The Kier molecular flexibility index (Phi) is 5.17. The largest absolute Gasteiger partial charge is 0.342 e. The average molecular weight is 398 g/mol. The van der Waals surface area contributed by atoms with Crippen LogP contribution in [-0.2, 0) is 24.1 Å². The first-order chi connectivity index (χ1) is 13.9. The van der Waals surface area contributed by atoms with Gasteiger partial charge >= 0.3 is 0 Å². The number of benzene rings is 1. The molecule has 0 bridgehead atoms. The topological polar surface area (TPSA) is 86.4 Å². The minimum atomic E-state index is -0.610. The molecule has 1 aromatic carbocycles. The van der Waals surface area contributed by atoms with Gasteiger partial charge < -0.3 is 9.80 Å². The van der Waals surface area contributed by atoms with E-state index in [2.05, 4.69) is 10.2 Å². The Morgan fingerprint density at radius 1 is 1.17 bits per heavy atom. The number of hydrogen-bond donors (Lipinski definition) is 1. The van der Waals surface area contributed by atoms with Crippen LogP contribution in [-0.4, -0.2) is 58.5 Å². The van der Waals surface area contributed by atoms with Crippen LogP contribution in [0.2, 0.25) is 0 Å². The number of carbonyl (C=O) groups is 2. The highest BCUT2D eigenvalue weighted by Gasteiger charge is 2.27. The molecule has 2 aliphatic rings. The van der Waals surface area contributed by atoms with Gasteiger partial charge in [0.05, 0.1) is 11.3 Å². The molecule has 4 rings (SSSR count). The predicted octanol–water partition coefficient (Wildman–Crippen LogP) is 1.29. The molecule has 0 radical (unpaired) electrons. The lowest BCUT2D eigenvalue weighted by Gasteiger charge is -2.32. The lowest BCUT2D eigenvalue weighted by Crippen LogP contribution is -2.50. The number of amides is 2. The lowest BCUT2D eigenvalue weighted by atomic mass is 9.90. The van der Waals surface area contributed by atoms with Crippen molar-refractivity contribution in [2.24, 2.45) is 0 Å². The van der Waals surface area contributed by atoms with Gasteiger partial charge in [0.1, 0.15) is 12.4 Å². The van der Waals surface area contributed by atoms with E-state index in [-0.39, 0.29) is 23.6 Å². The maximum atomic E-state index is 14.4. The zero-order valence-electron chi connectivity index (χ0n) is 16.3. The van der Waals surface area contributed by atoms with E-state index in [4.69, 9.17) is 0 Å². The second-order valence-electron chi connectivity index (χ2n) is 7.70. The molecule has 7 nitrogen and oxygen atoms in total. The highest BCUT2D eigenvalue weighted by atomic mass is 19.1. The Morgan fingerprint density at radius 2 is 1.93 bits per heavy atom. The summed E-state index contributed by atoms with van der Waals surface area (Å²) in [6.07, 6.45) is 3.94. The third kappa shape index (κ3) is 3.79. The Balaban J connectivity index is 1.60. The van der Waals surface area contributed by atoms with Gasteiger partial charge in [0.15, 0.2) is 0 Å². The SMILES string of the molecule is CN1CCN(C(=O)c2cc(Cc3n[nH]c(=O)c4c3CCCC4)ccc2F)CC1=O. The minimum absolute atomic E-state index is 0.0434. The molecule has 29 heavy (non-hydrogen) atoms. The summed E-state index contributed by atoms with van der Waals surface area (Å²) in [6.45, 7) is 0.757. The predicted molar refractivity (Wildman–Crippen MR) is 104 cm³/mol. The van der Waals surface area contributed by atoms with Crippen molar-refractivity contribution < 1.29 is 14.0 Å². The third-order valence-electron chi connectivity index (χ3n) is 5.76. The number of aromatic amines is 1. The summed E-state index contributed by atoms with van der Waals surface area (Å²) in [5, 5.41) is 6.78. The second kappa shape index (κ2) is 7.77. The number of fused-ring (bicyclic) bond motifs is 1. The van der Waals surface area contributed by atoms with Gasteiger partial charge in [-0.25, -0.2) is 9.49 Å². The quantitative estimate of drug-likeness (QED) is 0.844. The van der Waals surface area contributed by atoms with Crippen LogP contribution in [0, 0.1) is 5.82 Å². The van der Waals surface area contributed by atoms with Crippen LogP contribution in [0.25, 0.3) is 0 Å². The summed E-state index contributed by atoms with van der Waals surface area (Å²) >= 11 is 0. The standard InChI is InChI=1S/C21H23FN4O3/c1-25-8-9-26(12-19(25)27)21(29)16-10-13(6-7-17(16)22)11-18-14-4-2-3-5-15(14)20(28)24-23-18/h6-7,10H,2-5,8-9,11-12H2,1H3,(H,24,28). The van der Waals surface area contributed by atoms with Gasteiger partial charge in [-0.3, -0.25) is 14.4 Å². The molecule has 2 heterocycles. The highest BCUT2D eigenvalue weighted by Crippen LogP contribution is 2.23. The number of nitrogens with zero attached hydrogens (tertiary/aromatic N) is 3. The number of nitrogens with one attached hydrogen (secondary N) is 1. The van der Waals surface area contributed by atoms with Crippen molar-refractivity contribution in [2.45, 2.75) is 32.1 Å². The summed E-state index contributed by atoms with van der Waals surface area (Å²) in [4.78, 5) is 39.7. The number of likely N-dealkylation sites (N-methyl/N-ethyl adjacent to an activating group) is 1. The van der Waals surface area contributed by atoms with Crippen LogP contribution in [0.5, 0.6) is 0 Å². The fourth-order valence-electron chi connectivity index (χ4n) is 4.02. The molecular weight excluding hydrogens is 375 g/mol. The smallest absolute Gasteiger partial charge is 0.267 e. The number of hydrogen-bond acceptors (Lipinski definition) is 4. The van der Waals surface area contributed by atoms with Gasteiger partial charge in [0, 0.05) is 32.1 Å². The van der Waals surface area contributed by atoms with E-state index in [1.807, 2.05) is 0 Å². The highest BCUT2D eigenvalue weighted by molar-refractivity contribution is 5.97. The number of aromatic nitrogens is 2. The van der Waals surface area contributed by atoms with Crippen LogP contribution in [0.15, 0.2) is 23.0 Å². The van der Waals surface area contributed by atoms with Crippen molar-refractivity contribution in [3.63, 3.8) is 0 Å². The summed E-state index contributed by atoms with van der Waals surface area (Å²) in [7, 11) is 1.68. The van der Waals surface area contributed by atoms with Gasteiger partial charge in [-0.2, -0.15) is 5.10 Å². The van der Waals surface area contributed by atoms with E-state index in [9.17, 15) is 18.8 Å². The first-order valence-corrected chi connectivity index (χ1v) is 9.85. The van der Waals surface area contributed by atoms with Gasteiger partial charge in [0.25, 0.3) is 11.5 Å². The van der Waals surface area contributed by atoms with E-state index in [1.165, 1.54) is 17.0 Å². The van der Waals surface area contributed by atoms with Crippen molar-refractivity contribution in [2.75, 3.05) is 26.7 Å². The molecule has 1 saturated heterocycles. The number of piperazine rings is 1. The number of H-pyrrole nitrogens is 1. The van der Waals surface area contributed by atoms with Crippen molar-refractivity contribution in [3.8, 4) is 0 Å². The second-order valence-corrected chi connectivity index (χ2v) is 7.70. The minimum Gasteiger partial charge on any atom is -0.342 e.